The van der Waals surface area contributed by atoms with E-state index < -0.39 is 4.92 Å². The van der Waals surface area contributed by atoms with Gasteiger partial charge in [-0.1, -0.05) is 22.0 Å². The lowest BCUT2D eigenvalue weighted by Crippen LogP contribution is -2.27. The Morgan fingerprint density at radius 2 is 1.84 bits per heavy atom. The van der Waals surface area contributed by atoms with Gasteiger partial charge in [-0.05, 0) is 37.3 Å². The predicted octanol–water partition coefficient (Wildman–Crippen LogP) is 3.42. The number of nitrogens with one attached hydrogen (secondary N) is 2. The van der Waals surface area contributed by atoms with Crippen LogP contribution >= 0.6 is 15.9 Å². The number of carbonyl (C=O) groups is 2. The molecule has 0 aliphatic rings. The first kappa shape index (κ1) is 18.6. The van der Waals surface area contributed by atoms with E-state index in [2.05, 4.69) is 26.6 Å². The molecular weight excluding hydrogens is 390 g/mol. The van der Waals surface area contributed by atoms with Crippen molar-refractivity contribution in [3.63, 3.8) is 0 Å². The number of nitro benzene ring substituents is 1. The summed E-state index contributed by atoms with van der Waals surface area (Å²) in [7, 11) is 0. The van der Waals surface area contributed by atoms with Crippen LogP contribution < -0.4 is 10.6 Å². The maximum Gasteiger partial charge on any atom is 0.274 e. The summed E-state index contributed by atoms with van der Waals surface area (Å²) in [4.78, 5) is 34.3. The minimum Gasteiger partial charge on any atom is -0.352 e. The molecule has 130 valence electrons. The van der Waals surface area contributed by atoms with Crippen molar-refractivity contribution in [3.05, 3.63) is 68.2 Å². The van der Waals surface area contributed by atoms with Gasteiger partial charge in [0, 0.05) is 29.1 Å². The summed E-state index contributed by atoms with van der Waals surface area (Å²) in [5.74, 6) is -0.605. The van der Waals surface area contributed by atoms with Crippen molar-refractivity contribution >= 4 is 39.1 Å². The average molecular weight is 406 g/mol. The van der Waals surface area contributed by atoms with E-state index in [-0.39, 0.29) is 30.5 Å². The number of nitrogens with zero attached hydrogens (tertiary/aromatic N) is 1. The number of hydrogen-bond donors (Lipinski definition) is 2. The van der Waals surface area contributed by atoms with Crippen LogP contribution in [-0.2, 0) is 4.79 Å². The van der Waals surface area contributed by atoms with Crippen molar-refractivity contribution in [1.29, 1.82) is 0 Å². The average Bonchev–Trinajstić information content (AvgIpc) is 2.57. The Morgan fingerprint density at radius 3 is 2.48 bits per heavy atom. The van der Waals surface area contributed by atoms with Crippen LogP contribution in [0.4, 0.5) is 11.4 Å². The van der Waals surface area contributed by atoms with Crippen LogP contribution in [0.15, 0.2) is 46.9 Å². The molecular formula is C17H16BrN3O4. The number of amides is 2. The number of hydrogen-bond acceptors (Lipinski definition) is 4. The highest BCUT2D eigenvalue weighted by molar-refractivity contribution is 9.10. The van der Waals surface area contributed by atoms with Crippen LogP contribution in [0.25, 0.3) is 0 Å². The van der Waals surface area contributed by atoms with E-state index in [1.165, 1.54) is 12.1 Å². The number of anilines is 1. The molecule has 2 amide bonds. The zero-order valence-electron chi connectivity index (χ0n) is 13.4. The summed E-state index contributed by atoms with van der Waals surface area (Å²) in [6.45, 7) is 1.73. The highest BCUT2D eigenvalue weighted by Gasteiger charge is 2.14. The van der Waals surface area contributed by atoms with Gasteiger partial charge in [0.05, 0.1) is 16.2 Å². The fraction of sp³-hybridized carbons (Fsp3) is 0.176. The lowest BCUT2D eigenvalue weighted by molar-refractivity contribution is -0.385. The fourth-order valence-electron chi connectivity index (χ4n) is 2.16. The summed E-state index contributed by atoms with van der Waals surface area (Å²) in [6.07, 6.45) is 0.0599. The molecule has 0 fully saturated rings. The maximum absolute atomic E-state index is 12.0. The number of nitro groups is 1. The van der Waals surface area contributed by atoms with E-state index in [9.17, 15) is 19.7 Å². The third kappa shape index (κ3) is 5.12. The van der Waals surface area contributed by atoms with Gasteiger partial charge in [-0.15, -0.1) is 0 Å². The molecule has 2 aromatic rings. The standard InChI is InChI=1S/C17H16BrN3O4/c1-11-14(3-2-4-15(11)21(24)25)20-16(22)9-10-19-17(23)12-5-7-13(18)8-6-12/h2-8H,9-10H2,1H3,(H,19,23)(H,20,22). The minimum atomic E-state index is -0.497. The third-order valence-electron chi connectivity index (χ3n) is 3.52. The number of carbonyl (C=O) groups excluding carboxylic acids is 2. The van der Waals surface area contributed by atoms with Crippen LogP contribution in [0.5, 0.6) is 0 Å². The van der Waals surface area contributed by atoms with Crippen LogP contribution in [0.2, 0.25) is 0 Å². The van der Waals surface area contributed by atoms with Crippen molar-refractivity contribution in [3.8, 4) is 0 Å². The molecule has 0 saturated heterocycles. The molecule has 0 aliphatic carbocycles. The molecule has 0 atom stereocenters. The largest absolute Gasteiger partial charge is 0.352 e. The second kappa shape index (κ2) is 8.39. The van der Waals surface area contributed by atoms with Gasteiger partial charge in [0.15, 0.2) is 0 Å². The Morgan fingerprint density at radius 1 is 1.16 bits per heavy atom. The lowest BCUT2D eigenvalue weighted by Gasteiger charge is -2.09. The Kier molecular flexibility index (Phi) is 6.24. The van der Waals surface area contributed by atoms with E-state index >= 15 is 0 Å². The van der Waals surface area contributed by atoms with Gasteiger partial charge in [0.2, 0.25) is 5.91 Å². The summed E-state index contributed by atoms with van der Waals surface area (Å²) in [5.41, 5.74) is 1.22. The zero-order chi connectivity index (χ0) is 18.4. The Labute approximate surface area is 152 Å². The molecule has 0 heterocycles. The SMILES string of the molecule is Cc1c(NC(=O)CCNC(=O)c2ccc(Br)cc2)cccc1[N+](=O)[O-]. The summed E-state index contributed by atoms with van der Waals surface area (Å²) < 4.78 is 0.871. The Balaban J connectivity index is 1.87. The highest BCUT2D eigenvalue weighted by Crippen LogP contribution is 2.25. The first-order valence-corrected chi connectivity index (χ1v) is 8.25. The van der Waals surface area contributed by atoms with E-state index in [4.69, 9.17) is 0 Å². The highest BCUT2D eigenvalue weighted by atomic mass is 79.9. The van der Waals surface area contributed by atoms with Crippen LogP contribution in [0.1, 0.15) is 22.3 Å². The molecule has 0 aliphatic heterocycles. The maximum atomic E-state index is 12.0. The Hall–Kier alpha value is -2.74. The van der Waals surface area contributed by atoms with Gasteiger partial charge in [-0.2, -0.15) is 0 Å². The molecule has 0 aromatic heterocycles. The van der Waals surface area contributed by atoms with Crippen LogP contribution in [0.3, 0.4) is 0 Å². The lowest BCUT2D eigenvalue weighted by atomic mass is 10.1. The van der Waals surface area contributed by atoms with E-state index in [0.29, 0.717) is 16.8 Å². The van der Waals surface area contributed by atoms with Crippen LogP contribution in [0, 0.1) is 17.0 Å². The quantitative estimate of drug-likeness (QED) is 0.567. The second-order valence-corrected chi connectivity index (χ2v) is 6.18. The third-order valence-corrected chi connectivity index (χ3v) is 4.05. The molecule has 0 bridgehead atoms. The number of benzene rings is 2. The molecule has 25 heavy (non-hydrogen) atoms. The summed E-state index contributed by atoms with van der Waals surface area (Å²) in [6, 6.07) is 11.3. The molecule has 7 nitrogen and oxygen atoms in total. The monoisotopic (exact) mass is 405 g/mol. The van der Waals surface area contributed by atoms with Gasteiger partial charge in [0.25, 0.3) is 11.6 Å². The van der Waals surface area contributed by atoms with Crippen molar-refractivity contribution in [2.75, 3.05) is 11.9 Å². The minimum absolute atomic E-state index is 0.0543. The molecule has 2 N–H and O–H groups in total. The molecule has 8 heteroatoms. The normalized spacial score (nSPS) is 10.2. The number of rotatable bonds is 6. The van der Waals surface area contributed by atoms with Gasteiger partial charge < -0.3 is 10.6 Å². The number of halogens is 1. The predicted molar refractivity (Wildman–Crippen MR) is 97.6 cm³/mol. The van der Waals surface area contributed by atoms with E-state index in [1.807, 2.05) is 0 Å². The summed E-state index contributed by atoms with van der Waals surface area (Å²) in [5, 5.41) is 16.2. The summed E-state index contributed by atoms with van der Waals surface area (Å²) >= 11 is 3.29. The molecule has 0 unspecified atom stereocenters. The molecule has 0 spiro atoms. The zero-order valence-corrected chi connectivity index (χ0v) is 15.0. The molecule has 2 aromatic carbocycles. The fourth-order valence-corrected chi connectivity index (χ4v) is 2.43. The van der Waals surface area contributed by atoms with Crippen molar-refractivity contribution in [2.24, 2.45) is 0 Å². The van der Waals surface area contributed by atoms with E-state index in [0.717, 1.165) is 4.47 Å². The molecule has 0 radical (unpaired) electrons. The van der Waals surface area contributed by atoms with Gasteiger partial charge in [-0.3, -0.25) is 19.7 Å². The van der Waals surface area contributed by atoms with Gasteiger partial charge in [0.1, 0.15) is 0 Å². The Bertz CT molecular complexity index is 806. The first-order chi connectivity index (χ1) is 11.9. The molecule has 0 saturated carbocycles. The smallest absolute Gasteiger partial charge is 0.274 e. The van der Waals surface area contributed by atoms with Gasteiger partial charge in [-0.25, -0.2) is 0 Å². The molecule has 2 rings (SSSR count). The van der Waals surface area contributed by atoms with E-state index in [1.54, 1.807) is 37.3 Å². The van der Waals surface area contributed by atoms with Gasteiger partial charge >= 0.3 is 0 Å². The topological polar surface area (TPSA) is 101 Å². The first-order valence-electron chi connectivity index (χ1n) is 7.46. The van der Waals surface area contributed by atoms with Crippen molar-refractivity contribution in [1.82, 2.24) is 5.32 Å². The van der Waals surface area contributed by atoms with Crippen molar-refractivity contribution < 1.29 is 14.5 Å². The van der Waals surface area contributed by atoms with Crippen molar-refractivity contribution in [2.45, 2.75) is 13.3 Å². The second-order valence-electron chi connectivity index (χ2n) is 5.27. The van der Waals surface area contributed by atoms with Crippen LogP contribution in [-0.4, -0.2) is 23.3 Å².